The number of aromatic nitrogens is 3. The maximum atomic E-state index is 4.63. The minimum absolute atomic E-state index is 0.812. The molecule has 0 spiro atoms. The van der Waals surface area contributed by atoms with Crippen LogP contribution in [0.15, 0.2) is 59.6 Å². The van der Waals surface area contributed by atoms with E-state index in [4.69, 9.17) is 0 Å². The lowest BCUT2D eigenvalue weighted by atomic mass is 10.2. The molecule has 0 unspecified atom stereocenters. The maximum absolute atomic E-state index is 4.63. The highest BCUT2D eigenvalue weighted by Crippen LogP contribution is 2.10. The first kappa shape index (κ1) is 10.7. The Hall–Kier alpha value is -2.49. The minimum Gasteiger partial charge on any atom is -0.231 e. The fourth-order valence-corrected chi connectivity index (χ4v) is 1.84. The van der Waals surface area contributed by atoms with E-state index in [0.717, 1.165) is 22.1 Å². The monoisotopic (exact) mass is 236 g/mol. The standard InChI is InChI=1S/C14H12N4/c1-18-14(15-11-7-3-2-4-8-11)12-9-5-6-10-13(12)16-17-18/h2-10H,1H3. The summed E-state index contributed by atoms with van der Waals surface area (Å²) < 4.78 is 1.69. The number of rotatable bonds is 1. The number of benzene rings is 2. The van der Waals surface area contributed by atoms with Crippen LogP contribution in [0.4, 0.5) is 5.69 Å². The molecule has 18 heavy (non-hydrogen) atoms. The van der Waals surface area contributed by atoms with Crippen LogP contribution < -0.4 is 5.49 Å². The van der Waals surface area contributed by atoms with E-state index in [9.17, 15) is 0 Å². The number of fused-ring (bicyclic) bond motifs is 1. The largest absolute Gasteiger partial charge is 0.231 e. The number of para-hydroxylation sites is 1. The van der Waals surface area contributed by atoms with Gasteiger partial charge in [0.15, 0.2) is 5.49 Å². The molecular weight excluding hydrogens is 224 g/mol. The molecule has 1 aromatic heterocycles. The Bertz CT molecular complexity index is 744. The Labute approximate surface area is 104 Å². The van der Waals surface area contributed by atoms with Crippen LogP contribution in [0.2, 0.25) is 0 Å². The number of hydrogen-bond donors (Lipinski definition) is 0. The second kappa shape index (κ2) is 4.41. The van der Waals surface area contributed by atoms with Crippen molar-refractivity contribution in [3.63, 3.8) is 0 Å². The van der Waals surface area contributed by atoms with Crippen LogP contribution in [-0.4, -0.2) is 15.0 Å². The van der Waals surface area contributed by atoms with Crippen LogP contribution in [0.5, 0.6) is 0 Å². The molecule has 0 amide bonds. The first-order valence-corrected chi connectivity index (χ1v) is 5.73. The third-order valence-corrected chi connectivity index (χ3v) is 2.73. The van der Waals surface area contributed by atoms with Crippen LogP contribution in [-0.2, 0) is 7.05 Å². The fraction of sp³-hybridized carbons (Fsp3) is 0.0714. The van der Waals surface area contributed by atoms with E-state index in [1.165, 1.54) is 0 Å². The zero-order chi connectivity index (χ0) is 12.4. The molecule has 4 nitrogen and oxygen atoms in total. The van der Waals surface area contributed by atoms with Gasteiger partial charge in [0.05, 0.1) is 11.2 Å². The normalized spacial score (nSPS) is 11.9. The Morgan fingerprint density at radius 1 is 0.944 bits per heavy atom. The second-order valence-corrected chi connectivity index (χ2v) is 4.00. The molecule has 0 N–H and O–H groups in total. The minimum atomic E-state index is 0.812. The lowest BCUT2D eigenvalue weighted by Crippen LogP contribution is -2.22. The number of nitrogens with zero attached hydrogens (tertiary/aromatic N) is 4. The zero-order valence-electron chi connectivity index (χ0n) is 9.99. The highest BCUT2D eigenvalue weighted by Gasteiger charge is 2.00. The highest BCUT2D eigenvalue weighted by molar-refractivity contribution is 5.76. The molecule has 0 saturated carbocycles. The molecule has 4 heteroatoms. The molecule has 3 aromatic rings. The third kappa shape index (κ3) is 1.88. The van der Waals surface area contributed by atoms with Gasteiger partial charge < -0.3 is 0 Å². The zero-order valence-corrected chi connectivity index (χ0v) is 9.99. The maximum Gasteiger partial charge on any atom is 0.160 e. The van der Waals surface area contributed by atoms with Crippen molar-refractivity contribution in [2.45, 2.75) is 0 Å². The molecule has 3 rings (SSSR count). The summed E-state index contributed by atoms with van der Waals surface area (Å²) in [7, 11) is 1.85. The SMILES string of the molecule is Cn1nnc2ccccc2c1=Nc1ccccc1. The average molecular weight is 236 g/mol. The van der Waals surface area contributed by atoms with Gasteiger partial charge in [0, 0.05) is 12.4 Å². The van der Waals surface area contributed by atoms with Gasteiger partial charge in [0.1, 0.15) is 0 Å². The molecule has 0 atom stereocenters. The van der Waals surface area contributed by atoms with Crippen molar-refractivity contribution in [1.29, 1.82) is 0 Å². The van der Waals surface area contributed by atoms with Crippen molar-refractivity contribution in [1.82, 2.24) is 15.0 Å². The molecular formula is C14H12N4. The van der Waals surface area contributed by atoms with Gasteiger partial charge >= 0.3 is 0 Å². The molecule has 0 aliphatic carbocycles. The van der Waals surface area contributed by atoms with E-state index in [1.807, 2.05) is 61.6 Å². The van der Waals surface area contributed by atoms with Gasteiger partial charge in [-0.2, -0.15) is 0 Å². The average Bonchev–Trinajstić information content (AvgIpc) is 2.43. The lowest BCUT2D eigenvalue weighted by molar-refractivity contribution is 0.646. The molecule has 0 radical (unpaired) electrons. The molecule has 0 fully saturated rings. The summed E-state index contributed by atoms with van der Waals surface area (Å²) in [5.41, 5.74) is 2.57. The molecule has 0 saturated heterocycles. The van der Waals surface area contributed by atoms with Crippen molar-refractivity contribution in [3.05, 3.63) is 60.1 Å². The van der Waals surface area contributed by atoms with E-state index in [1.54, 1.807) is 4.68 Å². The molecule has 88 valence electrons. The van der Waals surface area contributed by atoms with Gasteiger partial charge in [-0.25, -0.2) is 9.67 Å². The van der Waals surface area contributed by atoms with Gasteiger partial charge in [-0.15, -0.1) is 5.10 Å². The summed E-state index contributed by atoms with van der Waals surface area (Å²) in [5, 5.41) is 9.21. The quantitative estimate of drug-likeness (QED) is 0.650. The van der Waals surface area contributed by atoms with Crippen LogP contribution in [0.3, 0.4) is 0 Å². The van der Waals surface area contributed by atoms with Crippen molar-refractivity contribution in [2.75, 3.05) is 0 Å². The van der Waals surface area contributed by atoms with E-state index < -0.39 is 0 Å². The van der Waals surface area contributed by atoms with Crippen molar-refractivity contribution in [3.8, 4) is 0 Å². The Morgan fingerprint density at radius 3 is 2.50 bits per heavy atom. The summed E-state index contributed by atoms with van der Waals surface area (Å²) in [6, 6.07) is 17.7. The first-order valence-electron chi connectivity index (χ1n) is 5.73. The molecule has 2 aromatic carbocycles. The van der Waals surface area contributed by atoms with Crippen LogP contribution in [0.25, 0.3) is 10.9 Å². The van der Waals surface area contributed by atoms with Crippen molar-refractivity contribution >= 4 is 16.6 Å². The summed E-state index contributed by atoms with van der Waals surface area (Å²) in [5.74, 6) is 0. The van der Waals surface area contributed by atoms with Crippen molar-refractivity contribution < 1.29 is 0 Å². The van der Waals surface area contributed by atoms with Gasteiger partial charge in [-0.3, -0.25) is 0 Å². The summed E-state index contributed by atoms with van der Waals surface area (Å²) in [6.07, 6.45) is 0. The van der Waals surface area contributed by atoms with E-state index in [-0.39, 0.29) is 0 Å². The topological polar surface area (TPSA) is 43.1 Å². The molecule has 0 aliphatic heterocycles. The fourth-order valence-electron chi connectivity index (χ4n) is 1.84. The first-order chi connectivity index (χ1) is 8.84. The van der Waals surface area contributed by atoms with Crippen LogP contribution in [0.1, 0.15) is 0 Å². The third-order valence-electron chi connectivity index (χ3n) is 2.73. The van der Waals surface area contributed by atoms with Crippen molar-refractivity contribution in [2.24, 2.45) is 12.0 Å². The molecule has 1 heterocycles. The van der Waals surface area contributed by atoms with E-state index in [2.05, 4.69) is 15.3 Å². The Morgan fingerprint density at radius 2 is 1.67 bits per heavy atom. The summed E-state index contributed by atoms with van der Waals surface area (Å²) in [4.78, 5) is 4.63. The second-order valence-electron chi connectivity index (χ2n) is 4.00. The van der Waals surface area contributed by atoms with Crippen LogP contribution >= 0.6 is 0 Å². The lowest BCUT2D eigenvalue weighted by Gasteiger charge is -2.02. The Balaban J connectivity index is 2.35. The molecule has 0 bridgehead atoms. The predicted molar refractivity (Wildman–Crippen MR) is 70.2 cm³/mol. The Kier molecular flexibility index (Phi) is 2.61. The van der Waals surface area contributed by atoms with E-state index >= 15 is 0 Å². The van der Waals surface area contributed by atoms with Gasteiger partial charge in [0.25, 0.3) is 0 Å². The summed E-state index contributed by atoms with van der Waals surface area (Å²) >= 11 is 0. The predicted octanol–water partition coefficient (Wildman–Crippen LogP) is 2.20. The highest BCUT2D eigenvalue weighted by atomic mass is 15.4. The van der Waals surface area contributed by atoms with Crippen LogP contribution in [0, 0.1) is 0 Å². The van der Waals surface area contributed by atoms with E-state index in [0.29, 0.717) is 0 Å². The number of hydrogen-bond acceptors (Lipinski definition) is 3. The van der Waals surface area contributed by atoms with Gasteiger partial charge in [0.2, 0.25) is 0 Å². The smallest absolute Gasteiger partial charge is 0.160 e. The molecule has 0 aliphatic rings. The number of aryl methyl sites for hydroxylation is 1. The van der Waals surface area contributed by atoms with Gasteiger partial charge in [-0.05, 0) is 24.3 Å². The summed E-state index contributed by atoms with van der Waals surface area (Å²) in [6.45, 7) is 0. The van der Waals surface area contributed by atoms with Gasteiger partial charge in [-0.1, -0.05) is 35.5 Å².